The van der Waals surface area contributed by atoms with Crippen molar-refractivity contribution in [1.29, 1.82) is 0 Å². The van der Waals surface area contributed by atoms with E-state index in [1.807, 2.05) is 6.20 Å². The third kappa shape index (κ3) is 1.98. The number of aromatic nitrogens is 2. The molecule has 14 heavy (non-hydrogen) atoms. The zero-order chi connectivity index (χ0) is 10.1. The molecule has 1 aliphatic carbocycles. The summed E-state index contributed by atoms with van der Waals surface area (Å²) in [4.78, 5) is 4.42. The Morgan fingerprint density at radius 2 is 2.14 bits per heavy atom. The molecule has 0 bridgehead atoms. The molecule has 1 aromatic rings. The van der Waals surface area contributed by atoms with Gasteiger partial charge < -0.3 is 9.88 Å². The lowest BCUT2D eigenvalue weighted by Crippen LogP contribution is -2.24. The van der Waals surface area contributed by atoms with Crippen LogP contribution in [-0.4, -0.2) is 15.6 Å². The standard InChI is InChI=1S/C11H19N3/c1-8(2)14-7-6-12-11(14)9(3)13-10-4-5-10/h6-10,13H,4-5H2,1-3H3. The van der Waals surface area contributed by atoms with Gasteiger partial charge in [0, 0.05) is 24.5 Å². The fourth-order valence-corrected chi connectivity index (χ4v) is 1.77. The molecule has 1 aliphatic rings. The summed E-state index contributed by atoms with van der Waals surface area (Å²) < 4.78 is 2.24. The Balaban J connectivity index is 2.08. The van der Waals surface area contributed by atoms with Crippen molar-refractivity contribution in [1.82, 2.24) is 14.9 Å². The van der Waals surface area contributed by atoms with Crippen molar-refractivity contribution in [3.05, 3.63) is 18.2 Å². The summed E-state index contributed by atoms with van der Waals surface area (Å²) in [7, 11) is 0. The highest BCUT2D eigenvalue weighted by atomic mass is 15.1. The monoisotopic (exact) mass is 193 g/mol. The predicted octanol–water partition coefficient (Wildman–Crippen LogP) is 2.28. The van der Waals surface area contributed by atoms with Crippen LogP contribution in [0.3, 0.4) is 0 Å². The summed E-state index contributed by atoms with van der Waals surface area (Å²) >= 11 is 0. The van der Waals surface area contributed by atoms with E-state index in [0.29, 0.717) is 12.1 Å². The van der Waals surface area contributed by atoms with Gasteiger partial charge in [0.15, 0.2) is 0 Å². The van der Waals surface area contributed by atoms with Crippen LogP contribution in [0.1, 0.15) is 51.5 Å². The molecule has 3 heteroatoms. The van der Waals surface area contributed by atoms with Gasteiger partial charge in [-0.2, -0.15) is 0 Å². The van der Waals surface area contributed by atoms with Crippen molar-refractivity contribution in [2.75, 3.05) is 0 Å². The van der Waals surface area contributed by atoms with E-state index in [4.69, 9.17) is 0 Å². The van der Waals surface area contributed by atoms with Crippen molar-refractivity contribution < 1.29 is 0 Å². The molecule has 1 aromatic heterocycles. The smallest absolute Gasteiger partial charge is 0.125 e. The van der Waals surface area contributed by atoms with Gasteiger partial charge in [0.1, 0.15) is 5.82 Å². The van der Waals surface area contributed by atoms with Crippen molar-refractivity contribution >= 4 is 0 Å². The molecular weight excluding hydrogens is 174 g/mol. The third-order valence-electron chi connectivity index (χ3n) is 2.71. The predicted molar refractivity (Wildman–Crippen MR) is 57.2 cm³/mol. The summed E-state index contributed by atoms with van der Waals surface area (Å²) in [5.41, 5.74) is 0. The maximum atomic E-state index is 4.42. The minimum atomic E-state index is 0.375. The number of imidazole rings is 1. The van der Waals surface area contributed by atoms with E-state index < -0.39 is 0 Å². The SMILES string of the molecule is CC(NC1CC1)c1nccn1C(C)C. The molecule has 0 saturated heterocycles. The van der Waals surface area contributed by atoms with Crippen molar-refractivity contribution in [2.24, 2.45) is 0 Å². The van der Waals surface area contributed by atoms with Gasteiger partial charge >= 0.3 is 0 Å². The highest BCUT2D eigenvalue weighted by molar-refractivity contribution is 5.01. The Bertz CT molecular complexity index is 299. The van der Waals surface area contributed by atoms with Crippen molar-refractivity contribution in [3.8, 4) is 0 Å². The Labute approximate surface area is 85.5 Å². The topological polar surface area (TPSA) is 29.9 Å². The number of nitrogens with zero attached hydrogens (tertiary/aromatic N) is 2. The summed E-state index contributed by atoms with van der Waals surface area (Å²) in [6.45, 7) is 6.57. The normalized spacial score (nSPS) is 18.9. The summed E-state index contributed by atoms with van der Waals surface area (Å²) in [5, 5.41) is 3.57. The summed E-state index contributed by atoms with van der Waals surface area (Å²) in [5.74, 6) is 1.16. The minimum Gasteiger partial charge on any atom is -0.331 e. The maximum Gasteiger partial charge on any atom is 0.125 e. The molecule has 1 heterocycles. The maximum absolute atomic E-state index is 4.42. The lowest BCUT2D eigenvalue weighted by molar-refractivity contribution is 0.482. The minimum absolute atomic E-state index is 0.375. The molecule has 0 aromatic carbocycles. The van der Waals surface area contributed by atoms with E-state index in [1.54, 1.807) is 0 Å². The van der Waals surface area contributed by atoms with Crippen LogP contribution < -0.4 is 5.32 Å². The third-order valence-corrected chi connectivity index (χ3v) is 2.71. The zero-order valence-corrected chi connectivity index (χ0v) is 9.20. The second-order valence-electron chi connectivity index (χ2n) is 4.45. The quantitative estimate of drug-likeness (QED) is 0.795. The van der Waals surface area contributed by atoms with Crippen LogP contribution in [0.5, 0.6) is 0 Å². The van der Waals surface area contributed by atoms with Crippen LogP contribution in [0.2, 0.25) is 0 Å². The van der Waals surface area contributed by atoms with Gasteiger partial charge in [0.05, 0.1) is 6.04 Å². The number of hydrogen-bond acceptors (Lipinski definition) is 2. The van der Waals surface area contributed by atoms with Gasteiger partial charge in [-0.25, -0.2) is 4.98 Å². The summed E-state index contributed by atoms with van der Waals surface area (Å²) in [6.07, 6.45) is 6.60. The first kappa shape index (κ1) is 9.71. The molecule has 0 radical (unpaired) electrons. The van der Waals surface area contributed by atoms with Crippen LogP contribution in [0.4, 0.5) is 0 Å². The largest absolute Gasteiger partial charge is 0.331 e. The molecule has 0 spiro atoms. The van der Waals surface area contributed by atoms with E-state index in [-0.39, 0.29) is 0 Å². The Morgan fingerprint density at radius 1 is 1.43 bits per heavy atom. The molecular formula is C11H19N3. The van der Waals surface area contributed by atoms with E-state index in [9.17, 15) is 0 Å². The molecule has 2 rings (SSSR count). The van der Waals surface area contributed by atoms with Gasteiger partial charge in [-0.1, -0.05) is 0 Å². The molecule has 0 aliphatic heterocycles. The zero-order valence-electron chi connectivity index (χ0n) is 9.20. The van der Waals surface area contributed by atoms with Crippen LogP contribution in [0.25, 0.3) is 0 Å². The molecule has 1 N–H and O–H groups in total. The van der Waals surface area contributed by atoms with Crippen molar-refractivity contribution in [2.45, 2.75) is 51.7 Å². The van der Waals surface area contributed by atoms with Crippen LogP contribution >= 0.6 is 0 Å². The van der Waals surface area contributed by atoms with Gasteiger partial charge in [-0.15, -0.1) is 0 Å². The average Bonchev–Trinajstić information content (AvgIpc) is 2.81. The van der Waals surface area contributed by atoms with Gasteiger partial charge in [0.25, 0.3) is 0 Å². The van der Waals surface area contributed by atoms with E-state index in [1.165, 1.54) is 12.8 Å². The van der Waals surface area contributed by atoms with Crippen LogP contribution in [0.15, 0.2) is 12.4 Å². The summed E-state index contributed by atoms with van der Waals surface area (Å²) in [6, 6.07) is 1.61. The molecule has 1 saturated carbocycles. The average molecular weight is 193 g/mol. The van der Waals surface area contributed by atoms with Gasteiger partial charge in [-0.3, -0.25) is 0 Å². The Kier molecular flexibility index (Phi) is 2.59. The molecule has 1 atom stereocenters. The van der Waals surface area contributed by atoms with E-state index >= 15 is 0 Å². The first-order valence-corrected chi connectivity index (χ1v) is 5.47. The molecule has 78 valence electrons. The number of nitrogens with one attached hydrogen (secondary N) is 1. The van der Waals surface area contributed by atoms with Crippen LogP contribution in [0, 0.1) is 0 Å². The van der Waals surface area contributed by atoms with Gasteiger partial charge in [0.2, 0.25) is 0 Å². The number of hydrogen-bond donors (Lipinski definition) is 1. The Hall–Kier alpha value is -0.830. The Morgan fingerprint density at radius 3 is 2.71 bits per heavy atom. The fourth-order valence-electron chi connectivity index (χ4n) is 1.77. The second-order valence-corrected chi connectivity index (χ2v) is 4.45. The lowest BCUT2D eigenvalue weighted by Gasteiger charge is -2.17. The van der Waals surface area contributed by atoms with E-state index in [2.05, 4.69) is 41.8 Å². The molecule has 1 fully saturated rings. The lowest BCUT2D eigenvalue weighted by atomic mass is 10.3. The van der Waals surface area contributed by atoms with E-state index in [0.717, 1.165) is 11.9 Å². The fraction of sp³-hybridized carbons (Fsp3) is 0.727. The first-order valence-electron chi connectivity index (χ1n) is 5.47. The van der Waals surface area contributed by atoms with Crippen molar-refractivity contribution in [3.63, 3.8) is 0 Å². The highest BCUT2D eigenvalue weighted by Crippen LogP contribution is 2.24. The second kappa shape index (κ2) is 3.73. The highest BCUT2D eigenvalue weighted by Gasteiger charge is 2.25. The molecule has 0 amide bonds. The molecule has 1 unspecified atom stereocenters. The molecule has 3 nitrogen and oxygen atoms in total. The van der Waals surface area contributed by atoms with Gasteiger partial charge in [-0.05, 0) is 33.6 Å². The van der Waals surface area contributed by atoms with Crippen LogP contribution in [-0.2, 0) is 0 Å². The first-order chi connectivity index (χ1) is 6.68. The number of rotatable bonds is 4.